The van der Waals surface area contributed by atoms with Crippen LogP contribution in [0.2, 0.25) is 10.0 Å². The fourth-order valence-electron chi connectivity index (χ4n) is 2.34. The second kappa shape index (κ2) is 8.17. The first-order valence-electron chi connectivity index (χ1n) is 7.90. The molecule has 1 heterocycles. The molecule has 0 atom stereocenters. The van der Waals surface area contributed by atoms with Crippen molar-refractivity contribution in [2.45, 2.75) is 13.5 Å². The van der Waals surface area contributed by atoms with Gasteiger partial charge in [0.15, 0.2) is 0 Å². The van der Waals surface area contributed by atoms with Crippen molar-refractivity contribution in [3.8, 4) is 0 Å². The number of carbonyl (C=O) groups is 1. The quantitative estimate of drug-likeness (QED) is 0.662. The van der Waals surface area contributed by atoms with Crippen molar-refractivity contribution in [2.24, 2.45) is 0 Å². The first-order chi connectivity index (χ1) is 12.5. The molecule has 26 heavy (non-hydrogen) atoms. The molecule has 0 saturated heterocycles. The van der Waals surface area contributed by atoms with E-state index in [1.165, 1.54) is 0 Å². The number of nitrogens with one attached hydrogen (secondary N) is 2. The molecule has 5 nitrogen and oxygen atoms in total. The number of carbonyl (C=O) groups excluding carboxylic acids is 1. The van der Waals surface area contributed by atoms with Crippen molar-refractivity contribution in [1.82, 2.24) is 15.3 Å². The minimum absolute atomic E-state index is 0.278. The molecule has 0 aliphatic heterocycles. The normalized spacial score (nSPS) is 10.4. The lowest BCUT2D eigenvalue weighted by atomic mass is 10.2. The predicted molar refractivity (Wildman–Crippen MR) is 104 cm³/mol. The van der Waals surface area contributed by atoms with Crippen LogP contribution in [-0.4, -0.2) is 15.9 Å². The zero-order valence-electron chi connectivity index (χ0n) is 14.0. The van der Waals surface area contributed by atoms with Gasteiger partial charge in [0.2, 0.25) is 0 Å². The highest BCUT2D eigenvalue weighted by atomic mass is 35.5. The van der Waals surface area contributed by atoms with Crippen LogP contribution in [0.3, 0.4) is 0 Å². The number of hydrogen-bond donors (Lipinski definition) is 2. The molecular formula is C19H16Cl2N4O. The average molecular weight is 387 g/mol. The molecule has 0 aliphatic carbocycles. The molecule has 1 aromatic heterocycles. The van der Waals surface area contributed by atoms with Crippen molar-refractivity contribution in [3.63, 3.8) is 0 Å². The van der Waals surface area contributed by atoms with Gasteiger partial charge < -0.3 is 10.6 Å². The van der Waals surface area contributed by atoms with E-state index in [1.54, 1.807) is 37.3 Å². The lowest BCUT2D eigenvalue weighted by Gasteiger charge is -2.09. The molecule has 2 aromatic carbocycles. The molecule has 3 rings (SSSR count). The Bertz CT molecular complexity index is 929. The van der Waals surface area contributed by atoms with E-state index in [4.69, 9.17) is 23.2 Å². The summed E-state index contributed by atoms with van der Waals surface area (Å²) in [5.74, 6) is 0.740. The number of hydrogen-bond acceptors (Lipinski definition) is 4. The molecular weight excluding hydrogens is 371 g/mol. The number of amides is 1. The standard InChI is InChI=1S/C19H16Cl2N4O/c1-12-23-17(19(26)22-11-13-5-7-14(20)8-6-13)10-18(24-12)25-16-4-2-3-15(21)9-16/h2-10H,11H2,1H3,(H,22,26)(H,23,24,25). The van der Waals surface area contributed by atoms with Crippen LogP contribution < -0.4 is 10.6 Å². The Balaban J connectivity index is 1.71. The molecule has 0 radical (unpaired) electrons. The highest BCUT2D eigenvalue weighted by molar-refractivity contribution is 6.31. The van der Waals surface area contributed by atoms with Gasteiger partial charge in [-0.3, -0.25) is 4.79 Å². The number of rotatable bonds is 5. The second-order valence-corrected chi connectivity index (χ2v) is 6.50. The van der Waals surface area contributed by atoms with E-state index in [-0.39, 0.29) is 11.6 Å². The highest BCUT2D eigenvalue weighted by Crippen LogP contribution is 2.19. The monoisotopic (exact) mass is 386 g/mol. The van der Waals surface area contributed by atoms with Gasteiger partial charge in [-0.25, -0.2) is 9.97 Å². The molecule has 2 N–H and O–H groups in total. The molecule has 3 aromatic rings. The summed E-state index contributed by atoms with van der Waals surface area (Å²) in [6, 6.07) is 16.1. The molecule has 0 unspecified atom stereocenters. The maximum absolute atomic E-state index is 12.4. The van der Waals surface area contributed by atoms with Crippen molar-refractivity contribution in [2.75, 3.05) is 5.32 Å². The third-order valence-corrected chi connectivity index (χ3v) is 4.02. The first kappa shape index (κ1) is 18.2. The van der Waals surface area contributed by atoms with Crippen LogP contribution in [-0.2, 0) is 6.54 Å². The summed E-state index contributed by atoms with van der Waals surface area (Å²) in [6.45, 7) is 2.12. The molecule has 132 valence electrons. The maximum Gasteiger partial charge on any atom is 0.270 e. The minimum Gasteiger partial charge on any atom is -0.347 e. The van der Waals surface area contributed by atoms with Gasteiger partial charge in [-0.15, -0.1) is 0 Å². The minimum atomic E-state index is -0.278. The summed E-state index contributed by atoms with van der Waals surface area (Å²) in [4.78, 5) is 20.9. The Kier molecular flexibility index (Phi) is 5.71. The molecule has 0 bridgehead atoms. The van der Waals surface area contributed by atoms with Crippen LogP contribution in [0, 0.1) is 6.92 Å². The zero-order valence-corrected chi connectivity index (χ0v) is 15.5. The van der Waals surface area contributed by atoms with E-state index in [2.05, 4.69) is 20.6 Å². The van der Waals surface area contributed by atoms with E-state index < -0.39 is 0 Å². The summed E-state index contributed by atoms with van der Waals surface area (Å²) in [7, 11) is 0. The summed E-state index contributed by atoms with van der Waals surface area (Å²) in [5.41, 5.74) is 2.02. The van der Waals surface area contributed by atoms with Crippen molar-refractivity contribution < 1.29 is 4.79 Å². The van der Waals surface area contributed by atoms with Gasteiger partial charge in [-0.2, -0.15) is 0 Å². The number of aromatic nitrogens is 2. The van der Waals surface area contributed by atoms with Gasteiger partial charge in [0.1, 0.15) is 17.3 Å². The highest BCUT2D eigenvalue weighted by Gasteiger charge is 2.11. The lowest BCUT2D eigenvalue weighted by Crippen LogP contribution is -2.24. The van der Waals surface area contributed by atoms with Crippen LogP contribution in [0.1, 0.15) is 21.9 Å². The Morgan fingerprint density at radius 2 is 1.77 bits per heavy atom. The fraction of sp³-hybridized carbons (Fsp3) is 0.105. The summed E-state index contributed by atoms with van der Waals surface area (Å²) < 4.78 is 0. The third-order valence-electron chi connectivity index (χ3n) is 3.53. The second-order valence-electron chi connectivity index (χ2n) is 5.63. The smallest absolute Gasteiger partial charge is 0.270 e. The molecule has 0 aliphatic rings. The molecule has 0 saturated carbocycles. The van der Waals surface area contributed by atoms with E-state index in [9.17, 15) is 4.79 Å². The molecule has 7 heteroatoms. The Morgan fingerprint density at radius 1 is 1.00 bits per heavy atom. The average Bonchev–Trinajstić information content (AvgIpc) is 2.60. The Hall–Kier alpha value is -2.63. The SMILES string of the molecule is Cc1nc(Nc2cccc(Cl)c2)cc(C(=O)NCc2ccc(Cl)cc2)n1. The van der Waals surface area contributed by atoms with Crippen LogP contribution in [0.15, 0.2) is 54.6 Å². The number of aryl methyl sites for hydroxylation is 1. The maximum atomic E-state index is 12.4. The first-order valence-corrected chi connectivity index (χ1v) is 8.66. The van der Waals surface area contributed by atoms with Gasteiger partial charge in [0.05, 0.1) is 0 Å². The summed E-state index contributed by atoms with van der Waals surface area (Å²) in [5, 5.41) is 7.24. The Morgan fingerprint density at radius 3 is 2.50 bits per heavy atom. The van der Waals surface area contributed by atoms with E-state index >= 15 is 0 Å². The molecule has 0 fully saturated rings. The summed E-state index contributed by atoms with van der Waals surface area (Å²) in [6.07, 6.45) is 0. The third kappa shape index (κ3) is 4.94. The number of nitrogens with zero attached hydrogens (tertiary/aromatic N) is 2. The van der Waals surface area contributed by atoms with Crippen LogP contribution >= 0.6 is 23.2 Å². The fourth-order valence-corrected chi connectivity index (χ4v) is 2.65. The predicted octanol–water partition coefficient (Wildman–Crippen LogP) is 4.77. The van der Waals surface area contributed by atoms with E-state index in [0.717, 1.165) is 11.3 Å². The number of anilines is 2. The van der Waals surface area contributed by atoms with Gasteiger partial charge >= 0.3 is 0 Å². The number of benzene rings is 2. The van der Waals surface area contributed by atoms with Gasteiger partial charge in [-0.05, 0) is 42.8 Å². The van der Waals surface area contributed by atoms with E-state index in [1.807, 2.05) is 24.3 Å². The molecule has 1 amide bonds. The Labute approximate surface area is 161 Å². The zero-order chi connectivity index (χ0) is 18.5. The largest absolute Gasteiger partial charge is 0.347 e. The van der Waals surface area contributed by atoms with Gasteiger partial charge in [-0.1, -0.05) is 41.4 Å². The molecule has 0 spiro atoms. The number of halogens is 2. The van der Waals surface area contributed by atoms with Gasteiger partial charge in [0, 0.05) is 28.3 Å². The van der Waals surface area contributed by atoms with Crippen LogP contribution in [0.4, 0.5) is 11.5 Å². The summed E-state index contributed by atoms with van der Waals surface area (Å²) >= 11 is 11.8. The van der Waals surface area contributed by atoms with E-state index in [0.29, 0.717) is 28.2 Å². The van der Waals surface area contributed by atoms with Crippen molar-refractivity contribution in [3.05, 3.63) is 81.7 Å². The van der Waals surface area contributed by atoms with Crippen molar-refractivity contribution in [1.29, 1.82) is 0 Å². The van der Waals surface area contributed by atoms with Crippen molar-refractivity contribution >= 4 is 40.6 Å². The van der Waals surface area contributed by atoms with Crippen LogP contribution in [0.25, 0.3) is 0 Å². The topological polar surface area (TPSA) is 66.9 Å². The van der Waals surface area contributed by atoms with Gasteiger partial charge in [0.25, 0.3) is 5.91 Å². The lowest BCUT2D eigenvalue weighted by molar-refractivity contribution is 0.0945. The van der Waals surface area contributed by atoms with Crippen LogP contribution in [0.5, 0.6) is 0 Å².